The van der Waals surface area contributed by atoms with Crippen LogP contribution in [-0.2, 0) is 10.3 Å². The zero-order chi connectivity index (χ0) is 27.3. The number of carbonyl (C=O) groups excluding carboxylic acids is 1. The molecule has 0 saturated carbocycles. The number of cyclic esters (lactones) is 1. The van der Waals surface area contributed by atoms with E-state index in [4.69, 9.17) is 9.72 Å². The van der Waals surface area contributed by atoms with E-state index in [1.165, 1.54) is 11.4 Å². The molecule has 0 aliphatic carbocycles. The van der Waals surface area contributed by atoms with Crippen LogP contribution in [0.15, 0.2) is 64.5 Å². The first kappa shape index (κ1) is 28.4. The predicted molar refractivity (Wildman–Crippen MR) is 162 cm³/mol. The molecule has 0 unspecified atom stereocenters. The highest BCUT2D eigenvalue weighted by Gasteiger charge is 2.52. The summed E-state index contributed by atoms with van der Waals surface area (Å²) in [5.41, 5.74) is 4.39. The molecule has 0 N–H and O–H groups in total. The first-order valence-electron chi connectivity index (χ1n) is 13.7. The molecule has 5 nitrogen and oxygen atoms in total. The molecular formula is C31H39N3O2S2. The van der Waals surface area contributed by atoms with Gasteiger partial charge in [0.1, 0.15) is 5.69 Å². The van der Waals surface area contributed by atoms with Crippen molar-refractivity contribution in [2.24, 2.45) is 0 Å². The Hall–Kier alpha value is -2.64. The fourth-order valence-electron chi connectivity index (χ4n) is 5.33. The number of fused-ring (bicyclic) bond motifs is 1. The van der Waals surface area contributed by atoms with E-state index in [1.807, 2.05) is 12.1 Å². The van der Waals surface area contributed by atoms with E-state index in [0.29, 0.717) is 11.3 Å². The van der Waals surface area contributed by atoms with Crippen molar-refractivity contribution in [3.63, 3.8) is 0 Å². The Labute approximate surface area is 236 Å². The lowest BCUT2D eigenvalue weighted by Crippen LogP contribution is -2.32. The molecule has 2 aromatic carbocycles. The van der Waals surface area contributed by atoms with Gasteiger partial charge in [0.15, 0.2) is 0 Å². The number of nitrogens with zero attached hydrogens (tertiary/aromatic N) is 3. The molecular weight excluding hydrogens is 510 g/mol. The molecule has 0 fully saturated rings. The number of anilines is 2. The number of rotatable bonds is 12. The van der Waals surface area contributed by atoms with Gasteiger partial charge in [-0.3, -0.25) is 4.98 Å². The second-order valence-corrected chi connectivity index (χ2v) is 11.7. The molecule has 0 amide bonds. The van der Waals surface area contributed by atoms with Crippen LogP contribution < -0.4 is 9.80 Å². The Morgan fingerprint density at radius 3 is 1.71 bits per heavy atom. The van der Waals surface area contributed by atoms with Crippen LogP contribution >= 0.6 is 23.5 Å². The number of carbonyl (C=O) groups is 1. The second kappa shape index (κ2) is 12.5. The molecule has 3 aromatic rings. The molecule has 0 spiro atoms. The number of hydrogen-bond donors (Lipinski definition) is 0. The van der Waals surface area contributed by atoms with Crippen molar-refractivity contribution in [3.05, 3.63) is 77.1 Å². The minimum atomic E-state index is -1.12. The Bertz CT molecular complexity index is 1210. The lowest BCUT2D eigenvalue weighted by Gasteiger charge is -2.34. The Balaban J connectivity index is 2.04. The van der Waals surface area contributed by atoms with Crippen molar-refractivity contribution in [3.8, 4) is 0 Å². The number of esters is 1. The van der Waals surface area contributed by atoms with Crippen LogP contribution in [0.1, 0.15) is 68.7 Å². The molecule has 1 aromatic heterocycles. The molecule has 0 bridgehead atoms. The largest absolute Gasteiger partial charge is 0.439 e. The van der Waals surface area contributed by atoms with Crippen LogP contribution in [0.4, 0.5) is 11.4 Å². The smallest absolute Gasteiger partial charge is 0.341 e. The van der Waals surface area contributed by atoms with E-state index in [-0.39, 0.29) is 5.97 Å². The van der Waals surface area contributed by atoms with Crippen LogP contribution in [0.5, 0.6) is 0 Å². The van der Waals surface area contributed by atoms with E-state index in [9.17, 15) is 4.79 Å². The number of thioether (sulfide) groups is 2. The monoisotopic (exact) mass is 549 g/mol. The number of hydrogen-bond acceptors (Lipinski definition) is 7. The lowest BCUT2D eigenvalue weighted by molar-refractivity contribution is 0.0228. The summed E-state index contributed by atoms with van der Waals surface area (Å²) in [4.78, 5) is 25.1. The van der Waals surface area contributed by atoms with E-state index in [1.54, 1.807) is 29.7 Å². The van der Waals surface area contributed by atoms with Crippen LogP contribution in [-0.4, -0.2) is 48.6 Å². The van der Waals surface area contributed by atoms with Gasteiger partial charge < -0.3 is 14.5 Å². The first-order valence-corrected chi connectivity index (χ1v) is 15.7. The summed E-state index contributed by atoms with van der Waals surface area (Å²) in [5.74, 6) is 1.49. The highest BCUT2D eigenvalue weighted by atomic mass is 32.2. The fraction of sp³-hybridized carbons (Fsp3) is 0.419. The van der Waals surface area contributed by atoms with Gasteiger partial charge in [0.2, 0.25) is 5.60 Å². The van der Waals surface area contributed by atoms with Crippen molar-refractivity contribution in [2.45, 2.75) is 56.9 Å². The van der Waals surface area contributed by atoms with Gasteiger partial charge in [0.05, 0.1) is 5.56 Å². The summed E-state index contributed by atoms with van der Waals surface area (Å²) < 4.78 is 6.52. The van der Waals surface area contributed by atoms with Crippen LogP contribution in [0.3, 0.4) is 0 Å². The number of pyridine rings is 1. The van der Waals surface area contributed by atoms with Crippen LogP contribution in [0, 0.1) is 0 Å². The van der Waals surface area contributed by atoms with Crippen LogP contribution in [0.2, 0.25) is 0 Å². The molecule has 0 radical (unpaired) electrons. The van der Waals surface area contributed by atoms with Gasteiger partial charge in [-0.2, -0.15) is 0 Å². The number of benzene rings is 2. The van der Waals surface area contributed by atoms with Crippen LogP contribution in [0.25, 0.3) is 0 Å². The van der Waals surface area contributed by atoms with Gasteiger partial charge in [-0.1, -0.05) is 26.0 Å². The normalized spacial score (nSPS) is 13.8. The average Bonchev–Trinajstić information content (AvgIpc) is 3.24. The molecule has 38 heavy (non-hydrogen) atoms. The Morgan fingerprint density at radius 1 is 0.763 bits per heavy atom. The van der Waals surface area contributed by atoms with E-state index in [2.05, 4.69) is 87.7 Å². The van der Waals surface area contributed by atoms with Crippen molar-refractivity contribution in [2.75, 3.05) is 47.5 Å². The van der Waals surface area contributed by atoms with E-state index in [0.717, 1.165) is 58.6 Å². The Kier molecular flexibility index (Phi) is 9.32. The minimum absolute atomic E-state index is 0.325. The Morgan fingerprint density at radius 2 is 1.26 bits per heavy atom. The maximum atomic E-state index is 13.4. The zero-order valence-corrected chi connectivity index (χ0v) is 25.0. The highest BCUT2D eigenvalue weighted by Crippen LogP contribution is 2.52. The van der Waals surface area contributed by atoms with E-state index >= 15 is 0 Å². The van der Waals surface area contributed by atoms with Gasteiger partial charge in [-0.05, 0) is 75.6 Å². The topological polar surface area (TPSA) is 45.7 Å². The highest BCUT2D eigenvalue weighted by molar-refractivity contribution is 7.99. The predicted octanol–water partition coefficient (Wildman–Crippen LogP) is 7.46. The lowest BCUT2D eigenvalue weighted by atomic mass is 9.82. The molecule has 0 saturated heterocycles. The maximum absolute atomic E-state index is 13.4. The summed E-state index contributed by atoms with van der Waals surface area (Å²) in [6.45, 7) is 16.8. The number of ether oxygens (including phenoxy) is 1. The molecule has 2 heterocycles. The molecule has 1 aliphatic rings. The summed E-state index contributed by atoms with van der Waals surface area (Å²) in [5, 5.41) is 0. The van der Waals surface area contributed by atoms with Gasteiger partial charge in [-0.25, -0.2) is 4.79 Å². The first-order chi connectivity index (χ1) is 18.5. The third kappa shape index (κ3) is 5.03. The quantitative estimate of drug-likeness (QED) is 0.172. The van der Waals surface area contributed by atoms with Crippen molar-refractivity contribution < 1.29 is 9.53 Å². The molecule has 7 heteroatoms. The summed E-state index contributed by atoms with van der Waals surface area (Å²) in [6, 6.07) is 16.8. The zero-order valence-electron chi connectivity index (χ0n) is 23.4. The second-order valence-electron chi connectivity index (χ2n) is 9.04. The molecule has 0 atom stereocenters. The standard InChI is InChI=1S/C31H39N3O2S2/c1-7-33(8-2)22-15-17-25(27(20-22)37-11-5)31(29-24(30(35)36-31)14-13-19-32-29)26-18-16-23(34(9-3)10-4)21-28(26)38-12-6/h13-21H,7-12H2,1-6H3. The van der Waals surface area contributed by atoms with Crippen molar-refractivity contribution in [1.29, 1.82) is 0 Å². The summed E-state index contributed by atoms with van der Waals surface area (Å²) in [6.07, 6.45) is 1.77. The molecule has 4 rings (SSSR count). The third-order valence-corrected chi connectivity index (χ3v) is 9.03. The summed E-state index contributed by atoms with van der Waals surface area (Å²) >= 11 is 3.57. The average molecular weight is 550 g/mol. The van der Waals surface area contributed by atoms with Crippen molar-refractivity contribution in [1.82, 2.24) is 4.98 Å². The summed E-state index contributed by atoms with van der Waals surface area (Å²) in [7, 11) is 0. The van der Waals surface area contributed by atoms with Crippen molar-refractivity contribution >= 4 is 40.9 Å². The SMILES string of the molecule is CCSc1cc(N(CC)CC)ccc1C1(c2ccc(N(CC)CC)cc2SCC)OC(=O)c2cccnc21. The fourth-order valence-corrected chi connectivity index (χ4v) is 7.09. The third-order valence-electron chi connectivity index (χ3n) is 7.15. The molecule has 202 valence electrons. The van der Waals surface area contributed by atoms with Gasteiger partial charge in [-0.15, -0.1) is 23.5 Å². The number of aromatic nitrogens is 1. The van der Waals surface area contributed by atoms with E-state index < -0.39 is 5.60 Å². The van der Waals surface area contributed by atoms with Gasteiger partial charge in [0, 0.05) is 64.7 Å². The maximum Gasteiger partial charge on any atom is 0.341 e. The van der Waals surface area contributed by atoms with Gasteiger partial charge in [0.25, 0.3) is 0 Å². The minimum Gasteiger partial charge on any atom is -0.439 e. The van der Waals surface area contributed by atoms with Gasteiger partial charge >= 0.3 is 5.97 Å². The molecule has 1 aliphatic heterocycles.